The van der Waals surface area contributed by atoms with Gasteiger partial charge in [0, 0.05) is 30.7 Å². The predicted octanol–water partition coefficient (Wildman–Crippen LogP) is 1.57. The van der Waals surface area contributed by atoms with Crippen molar-refractivity contribution >= 4 is 38.9 Å². The number of nitrogens with one attached hydrogen (secondary N) is 1. The summed E-state index contributed by atoms with van der Waals surface area (Å²) < 4.78 is 6.77. The Bertz CT molecular complexity index is 1030. The van der Waals surface area contributed by atoms with Crippen molar-refractivity contribution in [2.75, 3.05) is 31.2 Å². The fourth-order valence-corrected chi connectivity index (χ4v) is 3.81. The lowest BCUT2D eigenvalue weighted by molar-refractivity contribution is 0.0943. The number of aromatic nitrogens is 3. The number of ether oxygens (including phenoxy) is 1. The van der Waals surface area contributed by atoms with E-state index in [0.29, 0.717) is 48.0 Å². The normalized spacial score (nSPS) is 14.5. The van der Waals surface area contributed by atoms with Crippen molar-refractivity contribution in [1.29, 1.82) is 0 Å². The number of hydrogen-bond donors (Lipinski definition) is 1. The third-order valence-electron chi connectivity index (χ3n) is 4.12. The molecule has 2 aromatic heterocycles. The molecular formula is C17H16ClN5O3S. The molecule has 1 saturated heterocycles. The number of halogens is 1. The second-order valence-electron chi connectivity index (χ2n) is 5.97. The summed E-state index contributed by atoms with van der Waals surface area (Å²) in [5, 5.41) is 8.64. The van der Waals surface area contributed by atoms with Gasteiger partial charge in [0.15, 0.2) is 0 Å². The summed E-state index contributed by atoms with van der Waals surface area (Å²) in [6.45, 7) is 2.98. The third kappa shape index (κ3) is 3.95. The second kappa shape index (κ2) is 7.63. The van der Waals surface area contributed by atoms with Crippen LogP contribution in [0.5, 0.6) is 0 Å². The van der Waals surface area contributed by atoms with Crippen LogP contribution in [-0.2, 0) is 11.3 Å². The Hall–Kier alpha value is -2.49. The number of anilines is 1. The lowest BCUT2D eigenvalue weighted by atomic mass is 10.2. The molecule has 1 amide bonds. The number of carbonyl (C=O) groups is 1. The van der Waals surface area contributed by atoms with Gasteiger partial charge >= 0.3 is 0 Å². The first-order valence-corrected chi connectivity index (χ1v) is 9.56. The maximum Gasteiger partial charge on any atom is 0.274 e. The average molecular weight is 406 g/mol. The van der Waals surface area contributed by atoms with Gasteiger partial charge in [0.25, 0.3) is 11.5 Å². The Morgan fingerprint density at radius 3 is 2.74 bits per heavy atom. The van der Waals surface area contributed by atoms with E-state index in [1.165, 1.54) is 21.9 Å². The van der Waals surface area contributed by atoms with Gasteiger partial charge in [-0.25, -0.2) is 0 Å². The molecule has 0 aliphatic carbocycles. The zero-order valence-corrected chi connectivity index (χ0v) is 15.8. The molecule has 8 nitrogen and oxygen atoms in total. The molecule has 10 heteroatoms. The van der Waals surface area contributed by atoms with Crippen LogP contribution in [0.25, 0.3) is 4.96 Å². The molecule has 4 rings (SSSR count). The summed E-state index contributed by atoms with van der Waals surface area (Å²) in [7, 11) is 0. The van der Waals surface area contributed by atoms with Crippen molar-refractivity contribution in [2.45, 2.75) is 6.54 Å². The topological polar surface area (TPSA) is 88.8 Å². The number of fused-ring (bicyclic) bond motifs is 1. The van der Waals surface area contributed by atoms with Gasteiger partial charge in [0.1, 0.15) is 5.69 Å². The number of carbonyl (C=O) groups excluding carboxylic acids is 1. The molecule has 140 valence electrons. The van der Waals surface area contributed by atoms with E-state index in [9.17, 15) is 9.59 Å². The van der Waals surface area contributed by atoms with Crippen molar-refractivity contribution in [3.8, 4) is 0 Å². The molecule has 1 aliphatic heterocycles. The molecule has 1 fully saturated rings. The molecule has 0 unspecified atom stereocenters. The summed E-state index contributed by atoms with van der Waals surface area (Å²) in [6.07, 6.45) is 0. The maximum atomic E-state index is 12.6. The van der Waals surface area contributed by atoms with E-state index in [0.717, 1.165) is 5.56 Å². The van der Waals surface area contributed by atoms with Gasteiger partial charge in [-0.3, -0.25) is 9.59 Å². The molecular weight excluding hydrogens is 390 g/mol. The maximum absolute atomic E-state index is 12.6. The van der Waals surface area contributed by atoms with Crippen LogP contribution in [0.15, 0.2) is 35.1 Å². The van der Waals surface area contributed by atoms with Crippen molar-refractivity contribution in [2.24, 2.45) is 0 Å². The molecule has 1 aromatic carbocycles. The number of hydrogen-bond acceptors (Lipinski definition) is 7. The number of benzene rings is 1. The second-order valence-corrected chi connectivity index (χ2v) is 7.34. The van der Waals surface area contributed by atoms with Crippen LogP contribution < -0.4 is 15.8 Å². The zero-order valence-electron chi connectivity index (χ0n) is 14.2. The zero-order chi connectivity index (χ0) is 18.8. The average Bonchev–Trinajstić information content (AvgIpc) is 3.11. The monoisotopic (exact) mass is 405 g/mol. The van der Waals surface area contributed by atoms with Crippen LogP contribution in [0.4, 0.5) is 5.13 Å². The van der Waals surface area contributed by atoms with E-state index in [-0.39, 0.29) is 5.69 Å². The number of nitrogens with zero attached hydrogens (tertiary/aromatic N) is 4. The SMILES string of the molecule is O=C(NCc1ccc(Cl)cc1)c1cc(=O)nc2sc(N3CCOCC3)nn12. The fraction of sp³-hybridized carbons (Fsp3) is 0.294. The van der Waals surface area contributed by atoms with E-state index >= 15 is 0 Å². The summed E-state index contributed by atoms with van der Waals surface area (Å²) in [5.41, 5.74) is 0.594. The highest BCUT2D eigenvalue weighted by Gasteiger charge is 2.20. The molecule has 3 heterocycles. The Kier molecular flexibility index (Phi) is 5.06. The number of rotatable bonds is 4. The first-order chi connectivity index (χ1) is 13.1. The van der Waals surface area contributed by atoms with Crippen LogP contribution >= 0.6 is 22.9 Å². The lowest BCUT2D eigenvalue weighted by Gasteiger charge is -2.25. The highest BCUT2D eigenvalue weighted by Crippen LogP contribution is 2.23. The predicted molar refractivity (Wildman–Crippen MR) is 103 cm³/mol. The van der Waals surface area contributed by atoms with Gasteiger partial charge in [-0.2, -0.15) is 9.50 Å². The molecule has 0 atom stereocenters. The Morgan fingerprint density at radius 1 is 1.26 bits per heavy atom. The molecule has 1 N–H and O–H groups in total. The van der Waals surface area contributed by atoms with Crippen LogP contribution in [0.3, 0.4) is 0 Å². The van der Waals surface area contributed by atoms with E-state index < -0.39 is 11.5 Å². The van der Waals surface area contributed by atoms with Crippen LogP contribution in [0.2, 0.25) is 5.02 Å². The Morgan fingerprint density at radius 2 is 2.00 bits per heavy atom. The highest BCUT2D eigenvalue weighted by molar-refractivity contribution is 7.20. The quantitative estimate of drug-likeness (QED) is 0.708. The van der Waals surface area contributed by atoms with Crippen molar-refractivity contribution in [1.82, 2.24) is 19.9 Å². The Balaban J connectivity index is 1.59. The van der Waals surface area contributed by atoms with Gasteiger partial charge in [-0.15, -0.1) is 5.10 Å². The molecule has 3 aromatic rings. The van der Waals surface area contributed by atoms with Crippen LogP contribution in [0.1, 0.15) is 16.1 Å². The van der Waals surface area contributed by atoms with Crippen molar-refractivity contribution in [3.63, 3.8) is 0 Å². The van der Waals surface area contributed by atoms with Gasteiger partial charge in [0.2, 0.25) is 10.1 Å². The van der Waals surface area contributed by atoms with Crippen molar-refractivity contribution < 1.29 is 9.53 Å². The van der Waals surface area contributed by atoms with Gasteiger partial charge in [0.05, 0.1) is 13.2 Å². The van der Waals surface area contributed by atoms with Crippen LogP contribution in [-0.4, -0.2) is 46.8 Å². The first-order valence-electron chi connectivity index (χ1n) is 8.36. The van der Waals surface area contributed by atoms with E-state index in [1.807, 2.05) is 12.1 Å². The summed E-state index contributed by atoms with van der Waals surface area (Å²) >= 11 is 7.15. The molecule has 0 bridgehead atoms. The Labute approximate surface area is 163 Å². The van der Waals surface area contributed by atoms with Crippen molar-refractivity contribution in [3.05, 3.63) is 57.0 Å². The third-order valence-corrected chi connectivity index (χ3v) is 5.35. The minimum atomic E-state index is -0.469. The minimum Gasteiger partial charge on any atom is -0.378 e. The van der Waals surface area contributed by atoms with E-state index in [1.54, 1.807) is 12.1 Å². The standard InChI is InChI=1S/C17H16ClN5O3S/c18-12-3-1-11(2-4-12)10-19-15(25)13-9-14(24)20-16-23(13)21-17(27-16)22-5-7-26-8-6-22/h1-4,9H,5-8,10H2,(H,19,25). The summed E-state index contributed by atoms with van der Waals surface area (Å²) in [4.78, 5) is 31.0. The molecule has 27 heavy (non-hydrogen) atoms. The molecule has 0 saturated carbocycles. The van der Waals surface area contributed by atoms with Gasteiger partial charge < -0.3 is 15.0 Å². The highest BCUT2D eigenvalue weighted by atomic mass is 35.5. The summed E-state index contributed by atoms with van der Waals surface area (Å²) in [5.74, 6) is -0.390. The van der Waals surface area contributed by atoms with Gasteiger partial charge in [-0.1, -0.05) is 35.1 Å². The number of amides is 1. The fourth-order valence-electron chi connectivity index (χ4n) is 2.72. The summed E-state index contributed by atoms with van der Waals surface area (Å²) in [6, 6.07) is 8.38. The molecule has 0 radical (unpaired) electrons. The van der Waals surface area contributed by atoms with Gasteiger partial charge in [-0.05, 0) is 17.7 Å². The van der Waals surface area contributed by atoms with E-state index in [4.69, 9.17) is 16.3 Å². The molecule has 0 spiro atoms. The largest absolute Gasteiger partial charge is 0.378 e. The number of morpholine rings is 1. The van der Waals surface area contributed by atoms with Crippen LogP contribution in [0, 0.1) is 0 Å². The lowest BCUT2D eigenvalue weighted by Crippen LogP contribution is -2.36. The van der Waals surface area contributed by atoms with E-state index in [2.05, 4.69) is 20.3 Å². The molecule has 1 aliphatic rings. The minimum absolute atomic E-state index is 0.162. The smallest absolute Gasteiger partial charge is 0.274 e. The first kappa shape index (κ1) is 17.9.